The molecule has 5 heteroatoms. The van der Waals surface area contributed by atoms with E-state index in [1.54, 1.807) is 0 Å². The molecule has 178 valence electrons. The van der Waals surface area contributed by atoms with Crippen LogP contribution in [0.3, 0.4) is 0 Å². The maximum absolute atomic E-state index is 11.7. The lowest BCUT2D eigenvalue weighted by Gasteiger charge is -2.07. The number of nitrogens with two attached hydrogens (primary N) is 1. The van der Waals surface area contributed by atoms with Gasteiger partial charge in [-0.05, 0) is 31.1 Å². The number of nitrogens with one attached hydrogen (secondary N) is 1. The number of carbonyl (C=O) groups is 1. The summed E-state index contributed by atoms with van der Waals surface area (Å²) in [6.45, 7) is 5.48. The van der Waals surface area contributed by atoms with Gasteiger partial charge in [0.05, 0.1) is 26.4 Å². The average molecular weight is 435 g/mol. The van der Waals surface area contributed by atoms with Gasteiger partial charge in [-0.2, -0.15) is 0 Å². The van der Waals surface area contributed by atoms with E-state index in [-0.39, 0.29) is 5.91 Å². The van der Waals surface area contributed by atoms with Crippen LogP contribution in [-0.4, -0.2) is 45.4 Å². The number of carbonyl (C=O) groups excluding carboxylic acids is 1. The number of amides is 1. The minimum Gasteiger partial charge on any atom is -0.378 e. The Morgan fingerprint density at radius 1 is 0.742 bits per heavy atom. The van der Waals surface area contributed by atoms with Crippen molar-refractivity contribution in [2.75, 3.05) is 39.5 Å². The second-order valence-corrected chi connectivity index (χ2v) is 7.75. The van der Waals surface area contributed by atoms with E-state index in [0.29, 0.717) is 45.9 Å². The monoisotopic (exact) mass is 434 g/mol. The summed E-state index contributed by atoms with van der Waals surface area (Å²) in [7, 11) is 0. The van der Waals surface area contributed by atoms with Crippen LogP contribution in [-0.2, 0) is 14.3 Å². The molecule has 0 saturated heterocycles. The Morgan fingerprint density at radius 2 is 1.29 bits per heavy atom. The van der Waals surface area contributed by atoms with Crippen molar-refractivity contribution in [2.24, 2.45) is 5.73 Å². The van der Waals surface area contributed by atoms with Crippen LogP contribution in [0.1, 0.15) is 96.8 Å². The number of ether oxygens (including phenoxy) is 2. The molecular formula is C26H46N2O3. The van der Waals surface area contributed by atoms with E-state index in [0.717, 1.165) is 32.1 Å². The number of hydrogen-bond donors (Lipinski definition) is 2. The minimum absolute atomic E-state index is 0.111. The summed E-state index contributed by atoms with van der Waals surface area (Å²) in [6.07, 6.45) is 15.8. The van der Waals surface area contributed by atoms with Gasteiger partial charge in [0.15, 0.2) is 0 Å². The zero-order chi connectivity index (χ0) is 22.7. The first kappa shape index (κ1) is 29.5. The lowest BCUT2D eigenvalue weighted by atomic mass is 10.1. The van der Waals surface area contributed by atoms with Crippen LogP contribution in [0.4, 0.5) is 0 Å². The van der Waals surface area contributed by atoms with E-state index < -0.39 is 0 Å². The first-order valence-electron chi connectivity index (χ1n) is 12.4. The van der Waals surface area contributed by atoms with Gasteiger partial charge in [0.1, 0.15) is 0 Å². The summed E-state index contributed by atoms with van der Waals surface area (Å²) in [4.78, 5) is 11.7. The highest BCUT2D eigenvalue weighted by atomic mass is 16.5. The molecule has 0 aliphatic carbocycles. The first-order valence-corrected chi connectivity index (χ1v) is 12.4. The predicted octanol–water partition coefficient (Wildman–Crippen LogP) is 4.58. The van der Waals surface area contributed by atoms with Crippen LogP contribution in [0.5, 0.6) is 0 Å². The van der Waals surface area contributed by atoms with E-state index in [4.69, 9.17) is 15.2 Å². The topological polar surface area (TPSA) is 73.6 Å². The largest absolute Gasteiger partial charge is 0.378 e. The van der Waals surface area contributed by atoms with Crippen molar-refractivity contribution < 1.29 is 14.3 Å². The van der Waals surface area contributed by atoms with Crippen LogP contribution < -0.4 is 11.1 Å². The highest BCUT2D eigenvalue weighted by Gasteiger charge is 2.00. The van der Waals surface area contributed by atoms with Crippen molar-refractivity contribution in [3.8, 4) is 23.7 Å². The first-order chi connectivity index (χ1) is 15.3. The van der Waals surface area contributed by atoms with Gasteiger partial charge < -0.3 is 20.5 Å². The van der Waals surface area contributed by atoms with Crippen molar-refractivity contribution in [1.82, 2.24) is 5.32 Å². The van der Waals surface area contributed by atoms with Crippen molar-refractivity contribution >= 4 is 5.91 Å². The fourth-order valence-corrected chi connectivity index (χ4v) is 2.99. The quantitative estimate of drug-likeness (QED) is 0.205. The lowest BCUT2D eigenvalue weighted by Crippen LogP contribution is -2.27. The maximum atomic E-state index is 11.7. The Kier molecular flexibility index (Phi) is 25.2. The van der Waals surface area contributed by atoms with Gasteiger partial charge in [0, 0.05) is 32.4 Å². The molecule has 0 atom stereocenters. The fourth-order valence-electron chi connectivity index (χ4n) is 2.99. The van der Waals surface area contributed by atoms with Gasteiger partial charge in [0.2, 0.25) is 5.91 Å². The molecule has 3 N–H and O–H groups in total. The number of unbranched alkanes of at least 4 members (excludes halogenated alkanes) is 11. The van der Waals surface area contributed by atoms with E-state index >= 15 is 0 Å². The third kappa shape index (κ3) is 26.4. The third-order valence-corrected chi connectivity index (χ3v) is 4.80. The molecule has 0 rings (SSSR count). The summed E-state index contributed by atoms with van der Waals surface area (Å²) >= 11 is 0. The number of hydrogen-bond acceptors (Lipinski definition) is 4. The molecule has 0 unspecified atom stereocenters. The normalized spacial score (nSPS) is 10.1. The molecule has 5 nitrogen and oxygen atoms in total. The molecular weight excluding hydrogens is 388 g/mol. The van der Waals surface area contributed by atoms with Crippen molar-refractivity contribution in [3.63, 3.8) is 0 Å². The van der Waals surface area contributed by atoms with Crippen LogP contribution >= 0.6 is 0 Å². The molecule has 0 aromatic rings. The predicted molar refractivity (Wildman–Crippen MR) is 130 cm³/mol. The second-order valence-electron chi connectivity index (χ2n) is 7.75. The Bertz CT molecular complexity index is 514. The van der Waals surface area contributed by atoms with E-state index in [9.17, 15) is 4.79 Å². The van der Waals surface area contributed by atoms with Gasteiger partial charge in [-0.25, -0.2) is 0 Å². The summed E-state index contributed by atoms with van der Waals surface area (Å²) in [5, 5.41) is 2.89. The van der Waals surface area contributed by atoms with E-state index in [2.05, 4.69) is 35.9 Å². The van der Waals surface area contributed by atoms with Crippen LogP contribution in [0.15, 0.2) is 0 Å². The van der Waals surface area contributed by atoms with Crippen LogP contribution in [0.25, 0.3) is 0 Å². The summed E-state index contributed by atoms with van der Waals surface area (Å²) < 4.78 is 10.6. The fraction of sp³-hybridized carbons (Fsp3) is 0.808. The van der Waals surface area contributed by atoms with Gasteiger partial charge >= 0.3 is 0 Å². The zero-order valence-electron chi connectivity index (χ0n) is 19.9. The second kappa shape index (κ2) is 26.5. The van der Waals surface area contributed by atoms with Crippen molar-refractivity contribution in [1.29, 1.82) is 0 Å². The highest BCUT2D eigenvalue weighted by molar-refractivity contribution is 5.75. The molecule has 0 spiro atoms. The Balaban J connectivity index is 3.30. The molecule has 0 bridgehead atoms. The zero-order valence-corrected chi connectivity index (χ0v) is 19.9. The molecule has 0 radical (unpaired) electrons. The molecule has 0 aromatic heterocycles. The molecule has 0 aliphatic rings. The van der Waals surface area contributed by atoms with E-state index in [1.165, 1.54) is 51.4 Å². The summed E-state index contributed by atoms with van der Waals surface area (Å²) in [5.41, 5.74) is 5.32. The molecule has 31 heavy (non-hydrogen) atoms. The SMILES string of the molecule is CCCCCCCC#CC#CCCCCCCCCC(=O)NCCOCCOCCN. The minimum atomic E-state index is 0.111. The van der Waals surface area contributed by atoms with Gasteiger partial charge in [0.25, 0.3) is 0 Å². The maximum Gasteiger partial charge on any atom is 0.220 e. The van der Waals surface area contributed by atoms with Gasteiger partial charge in [-0.1, -0.05) is 70.1 Å². The lowest BCUT2D eigenvalue weighted by molar-refractivity contribution is -0.121. The molecule has 1 amide bonds. The Hall–Kier alpha value is -1.53. The van der Waals surface area contributed by atoms with Crippen LogP contribution in [0.2, 0.25) is 0 Å². The summed E-state index contributed by atoms with van der Waals surface area (Å²) in [5.74, 6) is 12.4. The molecule has 0 aromatic carbocycles. The third-order valence-electron chi connectivity index (χ3n) is 4.80. The van der Waals surface area contributed by atoms with E-state index in [1.807, 2.05) is 0 Å². The summed E-state index contributed by atoms with van der Waals surface area (Å²) in [6, 6.07) is 0. The molecule has 0 saturated carbocycles. The van der Waals surface area contributed by atoms with Crippen molar-refractivity contribution in [3.05, 3.63) is 0 Å². The van der Waals surface area contributed by atoms with Gasteiger partial charge in [-0.15, -0.1) is 0 Å². The van der Waals surface area contributed by atoms with Crippen LogP contribution in [0, 0.1) is 23.7 Å². The molecule has 0 heterocycles. The highest BCUT2D eigenvalue weighted by Crippen LogP contribution is 2.08. The molecule has 0 aliphatic heterocycles. The Labute approximate surface area is 191 Å². The standard InChI is InChI=1S/C26H46N2O3/c1-2-3-4-5-6-7-8-9-10-11-12-13-14-15-16-17-18-19-26(29)28-21-23-31-25-24-30-22-20-27/h2-7,12-25,27H2,1H3,(H,28,29). The van der Waals surface area contributed by atoms with Crippen molar-refractivity contribution in [2.45, 2.75) is 96.8 Å². The average Bonchev–Trinajstić information content (AvgIpc) is 2.77. The molecule has 0 fully saturated rings. The smallest absolute Gasteiger partial charge is 0.220 e. The van der Waals surface area contributed by atoms with Gasteiger partial charge in [-0.3, -0.25) is 4.79 Å². The number of rotatable bonds is 21. The Morgan fingerprint density at radius 3 is 1.90 bits per heavy atom.